The van der Waals surface area contributed by atoms with Crippen molar-refractivity contribution in [2.75, 3.05) is 96.0 Å². The number of anilines is 2. The van der Waals surface area contributed by atoms with Crippen molar-refractivity contribution in [3.05, 3.63) is 75.5 Å². The van der Waals surface area contributed by atoms with E-state index in [0.29, 0.717) is 17.0 Å². The Labute approximate surface area is 510 Å². The van der Waals surface area contributed by atoms with E-state index >= 15 is 4.79 Å². The van der Waals surface area contributed by atoms with Crippen LogP contribution >= 0.6 is 0 Å². The summed E-state index contributed by atoms with van der Waals surface area (Å²) in [4.78, 5) is 69.0. The van der Waals surface area contributed by atoms with E-state index in [0.717, 1.165) is 44.3 Å². The number of carbonyl (C=O) groups is 3. The number of hydrogen-bond acceptors (Lipinski definition) is 21. The zero-order valence-corrected chi connectivity index (χ0v) is 52.2. The number of phenolic OH excluding ortho intramolecular Hbond substituents is 1. The number of phenols is 1. The van der Waals surface area contributed by atoms with Crippen LogP contribution in [0.5, 0.6) is 11.5 Å². The Balaban J connectivity index is 0.000000859. The van der Waals surface area contributed by atoms with E-state index in [9.17, 15) is 39.9 Å². The van der Waals surface area contributed by atoms with Gasteiger partial charge in [-0.15, -0.1) is 0 Å². The fraction of sp³-hybridized carbons (Fsp3) is 0.603. The maximum absolute atomic E-state index is 15.0. The number of allylic oxidation sites excluding steroid dienone is 2. The van der Waals surface area contributed by atoms with Gasteiger partial charge in [0.1, 0.15) is 41.3 Å². The molecule has 4 aliphatic rings. The Kier molecular flexibility index (Phi) is 26.3. The third-order valence-electron chi connectivity index (χ3n) is 16.4. The molecule has 4 bridgehead atoms. The number of rotatable bonds is 10. The molecule has 23 heteroatoms. The van der Waals surface area contributed by atoms with Crippen molar-refractivity contribution >= 4 is 62.2 Å². The van der Waals surface area contributed by atoms with Crippen LogP contribution in [-0.2, 0) is 41.5 Å². The van der Waals surface area contributed by atoms with Gasteiger partial charge in [0.15, 0.2) is 27.9 Å². The summed E-state index contributed by atoms with van der Waals surface area (Å²) in [7, 11) is 1.44. The summed E-state index contributed by atoms with van der Waals surface area (Å²) < 4.78 is 46.7. The van der Waals surface area contributed by atoms with Gasteiger partial charge in [-0.25, -0.2) is 9.78 Å². The van der Waals surface area contributed by atoms with Gasteiger partial charge in [-0.1, -0.05) is 93.2 Å². The van der Waals surface area contributed by atoms with Crippen molar-refractivity contribution in [1.82, 2.24) is 20.1 Å². The minimum atomic E-state index is -1.61. The molecule has 86 heavy (non-hydrogen) atoms. The third kappa shape index (κ3) is 16.8. The van der Waals surface area contributed by atoms with Crippen molar-refractivity contribution in [1.29, 1.82) is 0 Å². The number of piperazine rings is 2. The molecular weight excluding hydrogens is 1150 g/mol. The number of aliphatic hydroxyl groups excluding tert-OH is 4. The number of aromatic nitrogens is 1. The zero-order chi connectivity index (χ0) is 62.6. The summed E-state index contributed by atoms with van der Waals surface area (Å²) in [5, 5.41) is 60.6. The van der Waals surface area contributed by atoms with E-state index in [1.54, 1.807) is 71.9 Å². The van der Waals surface area contributed by atoms with Crippen molar-refractivity contribution in [3.63, 3.8) is 0 Å². The van der Waals surface area contributed by atoms with Crippen LogP contribution in [0.1, 0.15) is 99.0 Å². The Hall–Kier alpha value is -5.85. The molecule has 7 N–H and O–H groups in total. The summed E-state index contributed by atoms with van der Waals surface area (Å²) >= 11 is -1.44. The number of ketones is 1. The van der Waals surface area contributed by atoms with Crippen molar-refractivity contribution in [2.24, 2.45) is 35.5 Å². The molecule has 8 rings (SSSR count). The van der Waals surface area contributed by atoms with Gasteiger partial charge in [0.2, 0.25) is 5.78 Å². The number of nitrogens with one attached hydrogen (secondary N) is 2. The maximum atomic E-state index is 15.0. The Morgan fingerprint density at radius 2 is 1.52 bits per heavy atom. The minimum absolute atomic E-state index is 0. The number of benzene rings is 3. The topological polar surface area (TPSA) is 300 Å². The van der Waals surface area contributed by atoms with Crippen molar-refractivity contribution < 1.29 is 85.8 Å². The molecule has 0 saturated carbocycles. The van der Waals surface area contributed by atoms with E-state index in [2.05, 4.69) is 53.0 Å². The number of ether oxygens (including phenoxy) is 4. The first-order chi connectivity index (χ1) is 40.3. The second-order valence-corrected chi connectivity index (χ2v) is 24.1. The molecular formula is C63H92MnN6O16. The zero-order valence-electron chi connectivity index (χ0n) is 51.1. The predicted molar refractivity (Wildman–Crippen MR) is 325 cm³/mol. The molecule has 2 saturated heterocycles. The molecule has 2 fully saturated rings. The van der Waals surface area contributed by atoms with Crippen LogP contribution in [0.25, 0.3) is 33.0 Å². The van der Waals surface area contributed by atoms with Crippen LogP contribution in [0.4, 0.5) is 16.2 Å². The summed E-state index contributed by atoms with van der Waals surface area (Å²) in [6, 6.07) is 5.60. The average Bonchev–Trinajstić information content (AvgIpc) is 1.39. The van der Waals surface area contributed by atoms with Gasteiger partial charge in [0, 0.05) is 131 Å². The molecule has 2 unspecified atom stereocenters. The summed E-state index contributed by atoms with van der Waals surface area (Å²) in [5.74, 6) is -3.34. The Morgan fingerprint density at radius 3 is 2.13 bits per heavy atom. The number of fused-ring (bicyclic) bond motifs is 2. The summed E-state index contributed by atoms with van der Waals surface area (Å²) in [6.45, 7) is 29.6. The number of carbonyl (C=O) groups excluding carboxylic acids is 3. The summed E-state index contributed by atoms with van der Waals surface area (Å²) in [6.07, 6.45) is 1.18. The average molecular weight is 1240 g/mol. The van der Waals surface area contributed by atoms with Crippen LogP contribution in [-0.4, -0.2) is 180 Å². The second-order valence-electron chi connectivity index (χ2n) is 23.9. The number of Topliss-reactive ketones (excluding diaryl/α,β-unsaturated/α-hetero) is 1. The van der Waals surface area contributed by atoms with Gasteiger partial charge >= 0.3 is 28.6 Å². The molecule has 0 aliphatic carbocycles. The van der Waals surface area contributed by atoms with Gasteiger partial charge in [-0.05, 0) is 44.7 Å². The molecule has 4 aromatic rings. The van der Waals surface area contributed by atoms with Crippen LogP contribution in [0.15, 0.2) is 63.4 Å². The Morgan fingerprint density at radius 1 is 0.895 bits per heavy atom. The van der Waals surface area contributed by atoms with Gasteiger partial charge < -0.3 is 69.3 Å². The number of nitrogens with zero attached hydrogens (tertiary/aromatic N) is 4. The van der Waals surface area contributed by atoms with E-state index in [1.807, 2.05) is 12.1 Å². The van der Waals surface area contributed by atoms with Gasteiger partial charge in [0.25, 0.3) is 5.91 Å². The van der Waals surface area contributed by atoms with Gasteiger partial charge in [-0.3, -0.25) is 19.3 Å². The van der Waals surface area contributed by atoms with Crippen LogP contribution < -0.4 is 25.7 Å². The van der Waals surface area contributed by atoms with Crippen molar-refractivity contribution in [3.8, 4) is 11.5 Å². The normalized spacial score (nSPS) is 27.0. The van der Waals surface area contributed by atoms with Crippen LogP contribution in [0.2, 0.25) is 0 Å². The Bertz CT molecular complexity index is 3180. The molecule has 0 radical (unpaired) electrons. The summed E-state index contributed by atoms with van der Waals surface area (Å²) in [5.41, 5.74) is -0.672. The second kappa shape index (κ2) is 31.9. The first-order valence-electron chi connectivity index (χ1n) is 29.3. The van der Waals surface area contributed by atoms with Crippen LogP contribution in [0, 0.1) is 42.4 Å². The monoisotopic (exact) mass is 1240 g/mol. The number of amides is 1. The third-order valence-corrected chi connectivity index (χ3v) is 16.4. The molecule has 10 atom stereocenters. The number of hydrogen-bond donors (Lipinski definition) is 7. The number of aromatic hydroxyl groups is 1. The van der Waals surface area contributed by atoms with Crippen LogP contribution in [0.3, 0.4) is 0 Å². The quantitative estimate of drug-likeness (QED) is 0.0208. The first kappa shape index (κ1) is 70.9. The molecule has 22 nitrogen and oxygen atoms in total. The van der Waals surface area contributed by atoms with E-state index in [-0.39, 0.29) is 63.9 Å². The standard InChI is InChI=1S/C54H70N4O14.C8H18N2.CH4.Mn.2O/c1-27(2)24-57-19-21-58(22-20-57)34-16-17-36-38(23-34)70-50-42(55-36)39-40-46(63)33(8)49-41(39)51(65)54(9,72-49)18-12-15-37(68-10)30(5)48(71-53(67)69-26-35(60)25-59)32(7)45(62)31(6)44(61)28(3)13-11-14-29(4)52(66)56-43(50)47(40)64;1-8(2)7-10-5-3-9-4-6-10;;;;/h11-17,23,27-28,30-32,35,37,44-45,48,59-62,64H,18-22,24-26H2,1-10H3,(H,56,66);8-9H,3-7H2,1-2H3;1H4;;;/b13-11+,15-12+,29-14-;;;;;/t28-,30+,31+,32+,35?,37-,44?,45+,48+,54+;;;;;/m0...../s1. The van der Waals surface area contributed by atoms with E-state index in [1.165, 1.54) is 52.8 Å². The van der Waals surface area contributed by atoms with Gasteiger partial charge in [-0.2, -0.15) is 0 Å². The molecule has 3 aromatic carbocycles. The van der Waals surface area contributed by atoms with E-state index < -0.39 is 117 Å². The van der Waals surface area contributed by atoms with Crippen molar-refractivity contribution in [2.45, 2.75) is 126 Å². The molecule has 477 valence electrons. The fourth-order valence-electron chi connectivity index (χ4n) is 11.6. The molecule has 1 amide bonds. The number of methoxy groups -OCH3 is 1. The SMILES string of the molecule is C.CC(C)CN1CCNCC1.CO[C@H]1/C=C/C[C@@]2(C)Oc3c(C)c(=O)c4c(O)c(c5oc6cc(N7CCN(CC(C)C)CC7)ccc6nc5c4c3C2=O)NC(=O)/C(C)=C\C=C\[C@H](C)C(O)[C@@H](C)[C@@H](O)[C@@H](C)[C@H](OC(=O)OCC(O)CO)[C@@H]1C.[O]=[Mn]=[O]. The molecule has 4 aliphatic heterocycles. The fourth-order valence-corrected chi connectivity index (χ4v) is 11.6. The van der Waals surface area contributed by atoms with Gasteiger partial charge in [0.05, 0.1) is 35.9 Å². The predicted octanol–water partition coefficient (Wildman–Crippen LogP) is 7.12. The molecule has 1 aromatic heterocycles. The molecule has 5 heterocycles. The van der Waals surface area contributed by atoms with E-state index in [4.69, 9.17) is 36.0 Å². The molecule has 0 spiro atoms. The first-order valence-corrected chi connectivity index (χ1v) is 30.2. The number of aliphatic hydroxyl groups is 4.